The van der Waals surface area contributed by atoms with Gasteiger partial charge in [-0.2, -0.15) is 0 Å². The number of nitrogens with one attached hydrogen (secondary N) is 2. The minimum atomic E-state index is 0.580. The molecular formula is C11H12N2. The van der Waals surface area contributed by atoms with Gasteiger partial charge in [-0.1, -0.05) is 18.2 Å². The minimum Gasteiger partial charge on any atom is -0.361 e. The van der Waals surface area contributed by atoms with Gasteiger partial charge < -0.3 is 10.3 Å². The van der Waals surface area contributed by atoms with Crippen LogP contribution in [0, 0.1) is 0 Å². The molecule has 1 unspecified atom stereocenters. The Morgan fingerprint density at radius 1 is 1.23 bits per heavy atom. The molecule has 2 heterocycles. The number of fused-ring (bicyclic) bond motifs is 1. The number of H-pyrrole nitrogens is 1. The second-order valence-electron chi connectivity index (χ2n) is 3.58. The van der Waals surface area contributed by atoms with Crippen LogP contribution in [0.25, 0.3) is 10.9 Å². The van der Waals surface area contributed by atoms with E-state index in [1.807, 2.05) is 0 Å². The van der Waals surface area contributed by atoms with Crippen molar-refractivity contribution in [2.45, 2.75) is 12.5 Å². The molecule has 0 amide bonds. The number of para-hydroxylation sites is 1. The van der Waals surface area contributed by atoms with Crippen molar-refractivity contribution in [1.29, 1.82) is 0 Å². The molecular weight excluding hydrogens is 160 g/mol. The molecule has 1 aromatic heterocycles. The van der Waals surface area contributed by atoms with E-state index in [9.17, 15) is 0 Å². The Hall–Kier alpha value is -1.28. The van der Waals surface area contributed by atoms with Crippen molar-refractivity contribution >= 4 is 10.9 Å². The van der Waals surface area contributed by atoms with Crippen molar-refractivity contribution in [3.8, 4) is 0 Å². The van der Waals surface area contributed by atoms with Crippen LogP contribution in [0.1, 0.15) is 18.0 Å². The highest BCUT2D eigenvalue weighted by Crippen LogP contribution is 2.29. The zero-order chi connectivity index (χ0) is 8.67. The summed E-state index contributed by atoms with van der Waals surface area (Å²) >= 11 is 0. The van der Waals surface area contributed by atoms with Crippen LogP contribution in [0.3, 0.4) is 0 Å². The van der Waals surface area contributed by atoms with Gasteiger partial charge in [-0.05, 0) is 24.6 Å². The Morgan fingerprint density at radius 3 is 2.85 bits per heavy atom. The predicted molar refractivity (Wildman–Crippen MR) is 53.7 cm³/mol. The van der Waals surface area contributed by atoms with Gasteiger partial charge in [-0.25, -0.2) is 0 Å². The number of hydrogen-bond acceptors (Lipinski definition) is 1. The van der Waals surface area contributed by atoms with Gasteiger partial charge in [0.15, 0.2) is 0 Å². The molecule has 1 aliphatic heterocycles. The molecule has 1 fully saturated rings. The summed E-state index contributed by atoms with van der Waals surface area (Å²) in [4.78, 5) is 3.30. The van der Waals surface area contributed by atoms with Gasteiger partial charge in [-0.3, -0.25) is 0 Å². The molecule has 1 atom stereocenters. The molecule has 0 aliphatic carbocycles. The number of hydrogen-bond donors (Lipinski definition) is 2. The van der Waals surface area contributed by atoms with Crippen molar-refractivity contribution in [2.75, 3.05) is 6.54 Å². The van der Waals surface area contributed by atoms with Gasteiger partial charge in [0.1, 0.15) is 0 Å². The highest BCUT2D eigenvalue weighted by Gasteiger charge is 2.20. The number of benzene rings is 1. The number of aromatic nitrogens is 1. The summed E-state index contributed by atoms with van der Waals surface area (Å²) in [5, 5.41) is 4.78. The normalized spacial score (nSPS) is 21.7. The third-order valence-corrected chi connectivity index (χ3v) is 2.82. The highest BCUT2D eigenvalue weighted by atomic mass is 15.0. The van der Waals surface area contributed by atoms with Crippen LogP contribution in [0.2, 0.25) is 0 Å². The Morgan fingerprint density at radius 2 is 2.08 bits per heavy atom. The van der Waals surface area contributed by atoms with Crippen LogP contribution < -0.4 is 5.32 Å². The summed E-state index contributed by atoms with van der Waals surface area (Å²) in [5.74, 6) is 0. The second-order valence-corrected chi connectivity index (χ2v) is 3.58. The number of aromatic amines is 1. The van der Waals surface area contributed by atoms with E-state index in [0.717, 1.165) is 6.54 Å². The van der Waals surface area contributed by atoms with Crippen molar-refractivity contribution in [3.05, 3.63) is 36.0 Å². The first-order valence-electron chi connectivity index (χ1n) is 4.74. The topological polar surface area (TPSA) is 27.8 Å². The lowest BCUT2D eigenvalue weighted by molar-refractivity contribution is 0.385. The van der Waals surface area contributed by atoms with Crippen LogP contribution in [0.5, 0.6) is 0 Å². The van der Waals surface area contributed by atoms with E-state index in [4.69, 9.17) is 0 Å². The monoisotopic (exact) mass is 172 g/mol. The number of rotatable bonds is 1. The van der Waals surface area contributed by atoms with Gasteiger partial charge in [0.05, 0.1) is 0 Å². The largest absolute Gasteiger partial charge is 0.361 e. The van der Waals surface area contributed by atoms with Gasteiger partial charge in [0.2, 0.25) is 0 Å². The van der Waals surface area contributed by atoms with E-state index >= 15 is 0 Å². The Kier molecular flexibility index (Phi) is 1.43. The van der Waals surface area contributed by atoms with Crippen molar-refractivity contribution in [2.24, 2.45) is 0 Å². The molecule has 2 heteroatoms. The van der Waals surface area contributed by atoms with E-state index in [0.29, 0.717) is 6.04 Å². The SMILES string of the molecule is c1ccc2c(C3CCN3)c[nH]c2c1. The first-order chi connectivity index (χ1) is 6.45. The lowest BCUT2D eigenvalue weighted by Gasteiger charge is -2.27. The van der Waals surface area contributed by atoms with Crippen molar-refractivity contribution in [3.63, 3.8) is 0 Å². The van der Waals surface area contributed by atoms with E-state index in [1.165, 1.54) is 22.9 Å². The van der Waals surface area contributed by atoms with Crippen LogP contribution in [-0.4, -0.2) is 11.5 Å². The highest BCUT2D eigenvalue weighted by molar-refractivity contribution is 5.83. The van der Waals surface area contributed by atoms with Crippen LogP contribution in [-0.2, 0) is 0 Å². The quantitative estimate of drug-likeness (QED) is 0.678. The van der Waals surface area contributed by atoms with E-state index in [2.05, 4.69) is 40.8 Å². The lowest BCUT2D eigenvalue weighted by atomic mass is 9.98. The molecule has 0 spiro atoms. The fourth-order valence-electron chi connectivity index (χ4n) is 1.94. The smallest absolute Gasteiger partial charge is 0.0457 e. The lowest BCUT2D eigenvalue weighted by Crippen LogP contribution is -2.34. The molecule has 66 valence electrons. The molecule has 1 aliphatic rings. The summed E-state index contributed by atoms with van der Waals surface area (Å²) in [6.45, 7) is 1.16. The fraction of sp³-hybridized carbons (Fsp3) is 0.273. The zero-order valence-corrected chi connectivity index (χ0v) is 7.38. The standard InChI is InChI=1S/C11H12N2/c1-2-4-10-8(3-1)9(7-13-10)11-5-6-12-11/h1-4,7,11-13H,5-6H2. The van der Waals surface area contributed by atoms with E-state index in [1.54, 1.807) is 0 Å². The average molecular weight is 172 g/mol. The van der Waals surface area contributed by atoms with Gasteiger partial charge in [0.25, 0.3) is 0 Å². The summed E-state index contributed by atoms with van der Waals surface area (Å²) in [6, 6.07) is 9.05. The second kappa shape index (κ2) is 2.60. The minimum absolute atomic E-state index is 0.580. The van der Waals surface area contributed by atoms with Crippen LogP contribution in [0.4, 0.5) is 0 Å². The third-order valence-electron chi connectivity index (χ3n) is 2.82. The molecule has 2 aromatic rings. The maximum absolute atomic E-state index is 3.42. The first-order valence-corrected chi connectivity index (χ1v) is 4.74. The van der Waals surface area contributed by atoms with Crippen molar-refractivity contribution in [1.82, 2.24) is 10.3 Å². The summed E-state index contributed by atoms with van der Waals surface area (Å²) in [6.07, 6.45) is 3.39. The predicted octanol–water partition coefficient (Wildman–Crippen LogP) is 2.20. The fourth-order valence-corrected chi connectivity index (χ4v) is 1.94. The Bertz CT molecular complexity index is 426. The maximum atomic E-state index is 3.42. The molecule has 0 saturated carbocycles. The molecule has 2 N–H and O–H groups in total. The van der Waals surface area contributed by atoms with Crippen LogP contribution in [0.15, 0.2) is 30.5 Å². The van der Waals surface area contributed by atoms with E-state index < -0.39 is 0 Å². The third kappa shape index (κ3) is 0.988. The van der Waals surface area contributed by atoms with Crippen LogP contribution >= 0.6 is 0 Å². The zero-order valence-electron chi connectivity index (χ0n) is 7.38. The molecule has 1 saturated heterocycles. The maximum Gasteiger partial charge on any atom is 0.0457 e. The van der Waals surface area contributed by atoms with Gasteiger partial charge in [-0.15, -0.1) is 0 Å². The Labute approximate surface area is 77.0 Å². The average Bonchev–Trinajstić information content (AvgIpc) is 2.47. The van der Waals surface area contributed by atoms with Gasteiger partial charge >= 0.3 is 0 Å². The molecule has 3 rings (SSSR count). The molecule has 2 nitrogen and oxygen atoms in total. The summed E-state index contributed by atoms with van der Waals surface area (Å²) in [7, 11) is 0. The van der Waals surface area contributed by atoms with E-state index in [-0.39, 0.29) is 0 Å². The van der Waals surface area contributed by atoms with Crippen molar-refractivity contribution < 1.29 is 0 Å². The molecule has 13 heavy (non-hydrogen) atoms. The summed E-state index contributed by atoms with van der Waals surface area (Å²) < 4.78 is 0. The molecule has 0 radical (unpaired) electrons. The summed E-state index contributed by atoms with van der Waals surface area (Å²) in [5.41, 5.74) is 2.66. The molecule has 0 bridgehead atoms. The van der Waals surface area contributed by atoms with Gasteiger partial charge in [0, 0.05) is 23.1 Å². The Balaban J connectivity index is 2.17. The molecule has 1 aromatic carbocycles. The first kappa shape index (κ1) is 7.15.